The number of rotatable bonds is 8. The topological polar surface area (TPSA) is 142 Å². The van der Waals surface area contributed by atoms with Crippen molar-refractivity contribution in [1.82, 2.24) is 10.2 Å². The molecule has 2 aromatic carbocycles. The second kappa shape index (κ2) is 12.3. The number of alkyl halides is 3. The summed E-state index contributed by atoms with van der Waals surface area (Å²) in [6, 6.07) is 4.15. The lowest BCUT2D eigenvalue weighted by Gasteiger charge is -2.33. The number of likely N-dealkylation sites (tertiary alicyclic amines) is 1. The first kappa shape index (κ1) is 31.6. The van der Waals surface area contributed by atoms with E-state index in [1.54, 1.807) is 4.90 Å². The highest BCUT2D eigenvalue weighted by molar-refractivity contribution is 7.91. The van der Waals surface area contributed by atoms with Crippen molar-refractivity contribution >= 4 is 56.4 Å². The highest BCUT2D eigenvalue weighted by Gasteiger charge is 2.35. The molecule has 0 saturated carbocycles. The van der Waals surface area contributed by atoms with Gasteiger partial charge in [0.2, 0.25) is 0 Å². The maximum absolute atomic E-state index is 13.5. The van der Waals surface area contributed by atoms with Gasteiger partial charge in [0.15, 0.2) is 9.84 Å². The highest BCUT2D eigenvalue weighted by Crippen LogP contribution is 2.40. The van der Waals surface area contributed by atoms with Crippen LogP contribution in [0.1, 0.15) is 35.7 Å². The molecule has 1 fully saturated rings. The molecule has 2 amide bonds. The Hall–Kier alpha value is -2.94. The summed E-state index contributed by atoms with van der Waals surface area (Å²) in [5, 5.41) is 11.1. The first-order valence-electron chi connectivity index (χ1n) is 11.9. The molecule has 0 radical (unpaired) electrons. The number of sulfone groups is 1. The van der Waals surface area contributed by atoms with Crippen molar-refractivity contribution in [3.8, 4) is 5.75 Å². The van der Waals surface area contributed by atoms with Crippen LogP contribution >= 0.6 is 23.2 Å². The fourth-order valence-electron chi connectivity index (χ4n) is 4.40. The molecule has 0 aromatic heterocycles. The van der Waals surface area contributed by atoms with Crippen LogP contribution in [0.2, 0.25) is 10.0 Å². The van der Waals surface area contributed by atoms with Crippen LogP contribution in [0.15, 0.2) is 29.2 Å². The van der Waals surface area contributed by atoms with E-state index < -0.39 is 45.6 Å². The molecule has 1 aliphatic heterocycles. The average Bonchev–Trinajstić information content (AvgIpc) is 2.86. The molecule has 0 unspecified atom stereocenters. The molecule has 40 heavy (non-hydrogen) atoms. The molecular weight excluding hydrogens is 600 g/mol. The Labute approximate surface area is 238 Å². The van der Waals surface area contributed by atoms with E-state index in [2.05, 4.69) is 10.1 Å². The number of carboxylic acid groups (broad SMARTS) is 1. The predicted molar refractivity (Wildman–Crippen MR) is 144 cm³/mol. The molecule has 0 spiro atoms. The van der Waals surface area contributed by atoms with Gasteiger partial charge in [0, 0.05) is 36.8 Å². The van der Waals surface area contributed by atoms with Gasteiger partial charge in [0.05, 0.1) is 32.6 Å². The molecule has 0 aliphatic carbocycles. The number of hydrogen-bond acceptors (Lipinski definition) is 7. The monoisotopic (exact) mass is 626 g/mol. The van der Waals surface area contributed by atoms with Crippen molar-refractivity contribution < 1.29 is 41.0 Å². The first-order valence-corrected chi connectivity index (χ1v) is 14.3. The lowest BCUT2D eigenvalue weighted by molar-refractivity contribution is -0.275. The van der Waals surface area contributed by atoms with Crippen LogP contribution in [0.3, 0.4) is 0 Å². The van der Waals surface area contributed by atoms with Crippen LogP contribution in [-0.2, 0) is 16.4 Å². The number of carbonyl (C=O) groups excluding carboxylic acids is 1. The third kappa shape index (κ3) is 7.42. The largest absolute Gasteiger partial charge is 0.573 e. The molecular formula is C24H27Cl2F3N4O6S. The molecule has 220 valence electrons. The third-order valence-electron chi connectivity index (χ3n) is 6.34. The third-order valence-corrected chi connectivity index (χ3v) is 8.78. The van der Waals surface area contributed by atoms with Crippen molar-refractivity contribution in [3.63, 3.8) is 0 Å². The van der Waals surface area contributed by atoms with Gasteiger partial charge in [0.25, 0.3) is 5.91 Å². The van der Waals surface area contributed by atoms with Gasteiger partial charge in [-0.05, 0) is 43.7 Å². The number of nitrogen functional groups attached to an aromatic ring is 1. The Morgan fingerprint density at radius 3 is 2.55 bits per heavy atom. The van der Waals surface area contributed by atoms with E-state index >= 15 is 0 Å². The van der Waals surface area contributed by atoms with Crippen molar-refractivity contribution in [3.05, 3.63) is 45.4 Å². The molecule has 4 N–H and O–H groups in total. The Morgan fingerprint density at radius 2 is 1.95 bits per heavy atom. The van der Waals surface area contributed by atoms with Gasteiger partial charge >= 0.3 is 12.5 Å². The zero-order valence-corrected chi connectivity index (χ0v) is 23.7. The standard InChI is InChI=1S/C24H27Cl2F3N4O6S/c1-3-40(37,38)19-7-6-13(25)9-17(19)32(2)22(34)15-10-18(39-24(27,28)29)16(20(26)21(15)30)12-33-8-4-5-14(11-33)31-23(35)36/h6-7,9-10,14,31H,3-5,8,11-12,30H2,1-2H3,(H,35,36)/t14-/m0/s1. The average molecular weight is 627 g/mol. The Morgan fingerprint density at radius 1 is 1.27 bits per heavy atom. The second-order valence-corrected chi connectivity index (χ2v) is 12.1. The van der Waals surface area contributed by atoms with E-state index in [-0.39, 0.29) is 50.7 Å². The number of halogens is 5. The van der Waals surface area contributed by atoms with Crippen LogP contribution in [0.25, 0.3) is 0 Å². The molecule has 16 heteroatoms. The summed E-state index contributed by atoms with van der Waals surface area (Å²) >= 11 is 12.5. The van der Waals surface area contributed by atoms with Crippen LogP contribution in [0, 0.1) is 0 Å². The van der Waals surface area contributed by atoms with Gasteiger partial charge in [-0.2, -0.15) is 0 Å². The van der Waals surface area contributed by atoms with E-state index in [0.29, 0.717) is 19.4 Å². The first-order chi connectivity index (χ1) is 18.5. The van der Waals surface area contributed by atoms with Gasteiger partial charge in [-0.1, -0.05) is 30.1 Å². The summed E-state index contributed by atoms with van der Waals surface area (Å²) < 4.78 is 69.7. The Kier molecular flexibility index (Phi) is 9.70. The van der Waals surface area contributed by atoms with Gasteiger partial charge in [-0.15, -0.1) is 13.2 Å². The van der Waals surface area contributed by atoms with Crippen LogP contribution in [-0.4, -0.2) is 68.7 Å². The molecule has 1 saturated heterocycles. The van der Waals surface area contributed by atoms with E-state index in [4.69, 9.17) is 34.0 Å². The van der Waals surface area contributed by atoms with Crippen molar-refractivity contribution in [2.24, 2.45) is 0 Å². The number of nitrogens with zero attached hydrogens (tertiary/aromatic N) is 2. The molecule has 1 aliphatic rings. The van der Waals surface area contributed by atoms with Crippen molar-refractivity contribution in [1.29, 1.82) is 0 Å². The van der Waals surface area contributed by atoms with E-state index in [1.807, 2.05) is 0 Å². The Balaban J connectivity index is 2.05. The van der Waals surface area contributed by atoms with E-state index in [1.165, 1.54) is 32.2 Å². The maximum atomic E-state index is 13.5. The summed E-state index contributed by atoms with van der Waals surface area (Å²) in [5.41, 5.74) is 5.08. The number of amides is 2. The zero-order valence-electron chi connectivity index (χ0n) is 21.4. The van der Waals surface area contributed by atoms with E-state index in [9.17, 15) is 31.2 Å². The number of hydrogen-bond donors (Lipinski definition) is 3. The fourth-order valence-corrected chi connectivity index (χ4v) is 5.92. The normalized spacial score (nSPS) is 16.4. The minimum Gasteiger partial charge on any atom is -0.465 e. The highest BCUT2D eigenvalue weighted by atomic mass is 35.5. The maximum Gasteiger partial charge on any atom is 0.573 e. The lowest BCUT2D eigenvalue weighted by atomic mass is 10.0. The SMILES string of the molecule is CCS(=O)(=O)c1ccc(Cl)cc1N(C)C(=O)c1cc(OC(F)(F)F)c(CN2CCC[C@H](NC(=O)O)C2)c(Cl)c1N. The number of ether oxygens (including phenoxy) is 1. The summed E-state index contributed by atoms with van der Waals surface area (Å²) in [5.74, 6) is -2.02. The molecule has 2 aromatic rings. The van der Waals surface area contributed by atoms with Gasteiger partial charge in [0.1, 0.15) is 5.75 Å². The van der Waals surface area contributed by atoms with Gasteiger partial charge in [-0.25, -0.2) is 13.2 Å². The zero-order chi connectivity index (χ0) is 30.0. The van der Waals surface area contributed by atoms with Crippen LogP contribution in [0.5, 0.6) is 5.75 Å². The predicted octanol–water partition coefficient (Wildman–Crippen LogP) is 4.78. The van der Waals surface area contributed by atoms with Crippen LogP contribution in [0.4, 0.5) is 29.3 Å². The molecule has 3 rings (SSSR count). The number of nitrogens with one attached hydrogen (secondary N) is 1. The quantitative estimate of drug-likeness (QED) is 0.355. The van der Waals surface area contributed by atoms with E-state index in [0.717, 1.165) is 11.0 Å². The number of anilines is 2. The minimum absolute atomic E-state index is 0.109. The summed E-state index contributed by atoms with van der Waals surface area (Å²) in [6.45, 7) is 1.87. The number of nitrogens with two attached hydrogens (primary N) is 1. The molecule has 1 atom stereocenters. The second-order valence-electron chi connectivity index (χ2n) is 9.08. The minimum atomic E-state index is -5.15. The van der Waals surface area contributed by atoms with Gasteiger partial charge in [-0.3, -0.25) is 9.69 Å². The molecule has 10 nitrogen and oxygen atoms in total. The van der Waals surface area contributed by atoms with Crippen molar-refractivity contribution in [2.45, 2.75) is 43.6 Å². The van der Waals surface area contributed by atoms with Gasteiger partial charge < -0.3 is 25.8 Å². The fraction of sp³-hybridized carbons (Fsp3) is 0.417. The number of carbonyl (C=O) groups is 2. The number of benzene rings is 2. The molecule has 0 bridgehead atoms. The lowest BCUT2D eigenvalue weighted by Crippen LogP contribution is -2.47. The van der Waals surface area contributed by atoms with Crippen molar-refractivity contribution in [2.75, 3.05) is 36.5 Å². The number of piperidine rings is 1. The summed E-state index contributed by atoms with van der Waals surface area (Å²) in [4.78, 5) is 26.9. The Bertz CT molecular complexity index is 1410. The van der Waals surface area contributed by atoms with Crippen LogP contribution < -0.4 is 20.7 Å². The smallest absolute Gasteiger partial charge is 0.465 e. The molecule has 1 heterocycles. The summed E-state index contributed by atoms with van der Waals surface area (Å²) in [7, 11) is -2.60. The summed E-state index contributed by atoms with van der Waals surface area (Å²) in [6.07, 6.45) is -5.26.